The van der Waals surface area contributed by atoms with Gasteiger partial charge in [0.05, 0.1) is 24.3 Å². The Morgan fingerprint density at radius 3 is 2.37 bits per heavy atom. The Hall–Kier alpha value is -2.22. The fourth-order valence-electron chi connectivity index (χ4n) is 8.25. The number of benzene rings is 2. The van der Waals surface area contributed by atoms with E-state index in [0.717, 1.165) is 44.3 Å². The maximum Gasteiger partial charge on any atom is 0.241 e. The number of fused-ring (bicyclic) bond motifs is 1. The topological polar surface area (TPSA) is 66.9 Å². The number of ether oxygens (including phenoxy) is 1. The Kier molecular flexibility index (Phi) is 6.68. The van der Waals surface area contributed by atoms with Crippen molar-refractivity contribution < 1.29 is 17.9 Å². The van der Waals surface area contributed by atoms with Crippen LogP contribution < -0.4 is 0 Å². The number of sulfonamides is 1. The van der Waals surface area contributed by atoms with E-state index in [2.05, 4.69) is 30.9 Å². The van der Waals surface area contributed by atoms with Gasteiger partial charge in [-0.1, -0.05) is 74.5 Å². The third kappa shape index (κ3) is 4.31. The predicted octanol–water partition coefficient (Wildman–Crippen LogP) is 4.71. The SMILES string of the molecule is CC1(C)[C@H]2CC[C@@]13CS(=O)(=O)N(C(=O)C1CN(Cc4ccccc4)CC1CCOCc1ccccc1)[C@H]3C2. The maximum absolute atomic E-state index is 14.2. The van der Waals surface area contributed by atoms with E-state index in [9.17, 15) is 13.2 Å². The number of carbonyl (C=O) groups is 1. The van der Waals surface area contributed by atoms with Gasteiger partial charge in [-0.3, -0.25) is 9.69 Å². The van der Waals surface area contributed by atoms with Crippen LogP contribution in [0.1, 0.15) is 50.7 Å². The Morgan fingerprint density at radius 2 is 1.68 bits per heavy atom. The van der Waals surface area contributed by atoms with E-state index >= 15 is 0 Å². The average molecular weight is 537 g/mol. The molecule has 7 heteroatoms. The van der Waals surface area contributed by atoms with Gasteiger partial charge >= 0.3 is 0 Å². The highest BCUT2D eigenvalue weighted by Gasteiger charge is 2.72. The molecule has 2 unspecified atom stereocenters. The molecule has 2 bridgehead atoms. The minimum atomic E-state index is -3.62. The molecule has 204 valence electrons. The summed E-state index contributed by atoms with van der Waals surface area (Å²) in [4.78, 5) is 16.6. The van der Waals surface area contributed by atoms with Gasteiger partial charge in [0.2, 0.25) is 15.9 Å². The largest absolute Gasteiger partial charge is 0.377 e. The highest BCUT2D eigenvalue weighted by atomic mass is 32.2. The molecule has 4 aliphatic rings. The van der Waals surface area contributed by atoms with Gasteiger partial charge in [-0.25, -0.2) is 12.7 Å². The standard InChI is InChI=1S/C31H40N2O4S/c1-30(2)26-13-15-31(30)22-38(35,36)33(28(31)17-26)29(34)27-20-32(18-23-9-5-3-6-10-23)19-25(27)14-16-37-21-24-11-7-4-8-12-24/h3-12,25-28H,13-22H2,1-2H3/t25?,26-,27?,28-,31-/m0/s1. The second-order valence-corrected chi connectivity index (χ2v) is 14.5. The number of nitrogens with zero attached hydrogens (tertiary/aromatic N) is 2. The molecule has 4 fully saturated rings. The van der Waals surface area contributed by atoms with Crippen molar-refractivity contribution >= 4 is 15.9 Å². The summed E-state index contributed by atoms with van der Waals surface area (Å²) in [5.74, 6) is 0.203. The zero-order chi connectivity index (χ0) is 26.5. The second-order valence-electron chi connectivity index (χ2n) is 12.6. The van der Waals surface area contributed by atoms with Gasteiger partial charge in [0, 0.05) is 31.7 Å². The monoisotopic (exact) mass is 536 g/mol. The van der Waals surface area contributed by atoms with Crippen molar-refractivity contribution in [2.24, 2.45) is 28.6 Å². The minimum Gasteiger partial charge on any atom is -0.377 e. The normalized spacial score (nSPS) is 33.1. The van der Waals surface area contributed by atoms with Crippen molar-refractivity contribution in [3.63, 3.8) is 0 Å². The Bertz CT molecular complexity index is 1270. The molecule has 1 spiro atoms. The summed E-state index contributed by atoms with van der Waals surface area (Å²) >= 11 is 0. The van der Waals surface area contributed by atoms with Gasteiger partial charge in [-0.15, -0.1) is 0 Å². The van der Waals surface area contributed by atoms with E-state index in [1.54, 1.807) is 0 Å². The van der Waals surface area contributed by atoms with Gasteiger partial charge in [-0.05, 0) is 54.1 Å². The first-order valence-electron chi connectivity index (χ1n) is 14.2. The van der Waals surface area contributed by atoms with Crippen molar-refractivity contribution in [1.82, 2.24) is 9.21 Å². The lowest BCUT2D eigenvalue weighted by atomic mass is 9.69. The Labute approximate surface area is 227 Å². The molecule has 2 aliphatic heterocycles. The van der Waals surface area contributed by atoms with Gasteiger partial charge in [0.1, 0.15) is 0 Å². The van der Waals surface area contributed by atoms with Crippen LogP contribution in [0.25, 0.3) is 0 Å². The molecule has 2 aliphatic carbocycles. The van der Waals surface area contributed by atoms with Gasteiger partial charge in [-0.2, -0.15) is 0 Å². The molecule has 1 amide bonds. The van der Waals surface area contributed by atoms with Crippen LogP contribution in [-0.2, 0) is 32.7 Å². The summed E-state index contributed by atoms with van der Waals surface area (Å²) < 4.78 is 34.6. The molecule has 2 aromatic rings. The maximum atomic E-state index is 14.2. The first-order chi connectivity index (χ1) is 18.2. The summed E-state index contributed by atoms with van der Waals surface area (Å²) in [6, 6.07) is 20.2. The van der Waals surface area contributed by atoms with E-state index in [0.29, 0.717) is 25.7 Å². The van der Waals surface area contributed by atoms with E-state index in [1.807, 2.05) is 48.5 Å². The smallest absolute Gasteiger partial charge is 0.241 e. The van der Waals surface area contributed by atoms with E-state index in [1.165, 1.54) is 9.87 Å². The molecule has 0 aromatic heterocycles. The summed E-state index contributed by atoms with van der Waals surface area (Å²) in [5, 5.41) is 0. The number of hydrogen-bond acceptors (Lipinski definition) is 5. The third-order valence-electron chi connectivity index (χ3n) is 10.5. The molecule has 2 aromatic carbocycles. The quantitative estimate of drug-likeness (QED) is 0.457. The fourth-order valence-corrected chi connectivity index (χ4v) is 10.8. The van der Waals surface area contributed by atoms with Gasteiger partial charge < -0.3 is 4.74 Å². The molecular formula is C31H40N2O4S. The highest BCUT2D eigenvalue weighted by Crippen LogP contribution is 2.70. The molecule has 5 atom stereocenters. The lowest BCUT2D eigenvalue weighted by molar-refractivity contribution is -0.134. The van der Waals surface area contributed by atoms with Crippen LogP contribution in [0.15, 0.2) is 60.7 Å². The van der Waals surface area contributed by atoms with E-state index < -0.39 is 10.0 Å². The number of likely N-dealkylation sites (tertiary alicyclic amines) is 1. The molecule has 2 saturated heterocycles. The van der Waals surface area contributed by atoms with Crippen molar-refractivity contribution in [2.45, 2.75) is 58.7 Å². The van der Waals surface area contributed by atoms with Crippen LogP contribution in [0.5, 0.6) is 0 Å². The molecular weight excluding hydrogens is 496 g/mol. The van der Waals surface area contributed by atoms with Crippen molar-refractivity contribution in [3.8, 4) is 0 Å². The van der Waals surface area contributed by atoms with Crippen LogP contribution in [0.3, 0.4) is 0 Å². The van der Waals surface area contributed by atoms with Crippen LogP contribution in [-0.4, -0.2) is 55.0 Å². The molecule has 38 heavy (non-hydrogen) atoms. The zero-order valence-electron chi connectivity index (χ0n) is 22.6. The fraction of sp³-hybridized carbons (Fsp3) is 0.581. The molecule has 2 heterocycles. The summed E-state index contributed by atoms with van der Waals surface area (Å²) in [7, 11) is -3.62. The molecule has 2 saturated carbocycles. The molecule has 0 N–H and O–H groups in total. The minimum absolute atomic E-state index is 0.0422. The summed E-state index contributed by atoms with van der Waals surface area (Å²) in [5.41, 5.74) is 2.01. The van der Waals surface area contributed by atoms with Crippen LogP contribution >= 0.6 is 0 Å². The number of amides is 1. The number of carbonyl (C=O) groups excluding carboxylic acids is 1. The van der Waals surface area contributed by atoms with Crippen molar-refractivity contribution in [1.29, 1.82) is 0 Å². The first kappa shape index (κ1) is 26.0. The first-order valence-corrected chi connectivity index (χ1v) is 15.8. The van der Waals surface area contributed by atoms with Crippen LogP contribution in [0.2, 0.25) is 0 Å². The zero-order valence-corrected chi connectivity index (χ0v) is 23.4. The van der Waals surface area contributed by atoms with Gasteiger partial charge in [0.15, 0.2) is 0 Å². The van der Waals surface area contributed by atoms with Gasteiger partial charge in [0.25, 0.3) is 0 Å². The molecule has 6 rings (SSSR count). The third-order valence-corrected chi connectivity index (χ3v) is 12.4. The van der Waals surface area contributed by atoms with Crippen LogP contribution in [0.4, 0.5) is 0 Å². The van der Waals surface area contributed by atoms with E-state index in [-0.39, 0.29) is 40.4 Å². The summed E-state index contributed by atoms with van der Waals surface area (Å²) in [6.07, 6.45) is 3.56. The molecule has 6 nitrogen and oxygen atoms in total. The lowest BCUT2D eigenvalue weighted by Crippen LogP contribution is -2.47. The highest BCUT2D eigenvalue weighted by molar-refractivity contribution is 7.90. The summed E-state index contributed by atoms with van der Waals surface area (Å²) in [6.45, 7) is 7.70. The predicted molar refractivity (Wildman–Crippen MR) is 147 cm³/mol. The van der Waals surface area contributed by atoms with Crippen molar-refractivity contribution in [2.75, 3.05) is 25.4 Å². The second kappa shape index (κ2) is 9.76. The van der Waals surface area contributed by atoms with E-state index in [4.69, 9.17) is 4.74 Å². The average Bonchev–Trinajstić information content (AvgIpc) is 3.54. The Morgan fingerprint density at radius 1 is 1.00 bits per heavy atom. The van der Waals surface area contributed by atoms with Crippen LogP contribution in [0, 0.1) is 28.6 Å². The van der Waals surface area contributed by atoms with Crippen molar-refractivity contribution in [3.05, 3.63) is 71.8 Å². The lowest BCUT2D eigenvalue weighted by Gasteiger charge is -2.37. The number of hydrogen-bond donors (Lipinski definition) is 0. The Balaban J connectivity index is 1.20. The number of rotatable bonds is 8. The molecule has 0 radical (unpaired) electrons.